The Bertz CT molecular complexity index is 1030. The van der Waals surface area contributed by atoms with E-state index in [1.165, 1.54) is 13.1 Å². The number of fused-ring (bicyclic) bond motifs is 1. The molecule has 1 heterocycles. The summed E-state index contributed by atoms with van der Waals surface area (Å²) in [5.41, 5.74) is 1.46. The summed E-state index contributed by atoms with van der Waals surface area (Å²) >= 11 is 0. The number of aryl methyl sites for hydroxylation is 1. The molecular weight excluding hydrogens is 348 g/mol. The molecular formula is C18H18N6O3. The highest BCUT2D eigenvalue weighted by atomic mass is 16.3. The van der Waals surface area contributed by atoms with E-state index in [9.17, 15) is 20.1 Å². The van der Waals surface area contributed by atoms with Gasteiger partial charge >= 0.3 is 0 Å². The monoisotopic (exact) mass is 366 g/mol. The number of carbonyl (C=O) groups excluding carboxylic acids is 2. The van der Waals surface area contributed by atoms with Crippen LogP contribution in [0.25, 0.3) is 11.0 Å². The molecule has 2 aromatic rings. The van der Waals surface area contributed by atoms with Crippen molar-refractivity contribution in [2.45, 2.75) is 25.8 Å². The van der Waals surface area contributed by atoms with Crippen molar-refractivity contribution in [1.29, 1.82) is 10.5 Å². The standard InChI is InChI=1S/C18H18N6O3/c1-21-17-16(18(27)22-11-26)23-14-7-12(9-19)13(10-20)8-15(14)24(17)5-3-2-4-6-25/h7-8,11,25H,2-6H2,1H3,(H,22,26,27). The number of aromatic nitrogens is 2. The highest BCUT2D eigenvalue weighted by Gasteiger charge is 2.17. The van der Waals surface area contributed by atoms with Gasteiger partial charge in [0.15, 0.2) is 11.2 Å². The Hall–Kier alpha value is -3.56. The van der Waals surface area contributed by atoms with Crippen LogP contribution in [0.5, 0.6) is 0 Å². The zero-order chi connectivity index (χ0) is 19.8. The number of hydrogen-bond donors (Lipinski definition) is 2. The number of hydrogen-bond acceptors (Lipinski definition) is 7. The zero-order valence-corrected chi connectivity index (χ0v) is 14.8. The van der Waals surface area contributed by atoms with Crippen molar-refractivity contribution in [3.63, 3.8) is 0 Å². The van der Waals surface area contributed by atoms with Crippen molar-refractivity contribution in [3.05, 3.63) is 34.4 Å². The first-order valence-corrected chi connectivity index (χ1v) is 8.28. The lowest BCUT2D eigenvalue weighted by Gasteiger charge is -2.14. The normalized spacial score (nSPS) is 11.0. The van der Waals surface area contributed by atoms with Crippen LogP contribution in [0.4, 0.5) is 0 Å². The number of unbranched alkanes of at least 4 members (excludes halogenated alkanes) is 2. The molecule has 2 N–H and O–H groups in total. The van der Waals surface area contributed by atoms with Gasteiger partial charge in [0, 0.05) is 20.2 Å². The average molecular weight is 366 g/mol. The van der Waals surface area contributed by atoms with Crippen molar-refractivity contribution in [3.8, 4) is 12.1 Å². The molecule has 0 saturated heterocycles. The van der Waals surface area contributed by atoms with Gasteiger partial charge in [0.2, 0.25) is 6.41 Å². The van der Waals surface area contributed by atoms with Crippen LogP contribution in [0.15, 0.2) is 17.1 Å². The summed E-state index contributed by atoms with van der Waals surface area (Å²) in [5, 5.41) is 29.5. The largest absolute Gasteiger partial charge is 0.396 e. The molecule has 0 unspecified atom stereocenters. The van der Waals surface area contributed by atoms with Crippen LogP contribution in [-0.4, -0.2) is 40.6 Å². The van der Waals surface area contributed by atoms with Gasteiger partial charge in [-0.05, 0) is 31.4 Å². The third-order valence-electron chi connectivity index (χ3n) is 4.00. The molecule has 9 nitrogen and oxygen atoms in total. The van der Waals surface area contributed by atoms with Crippen molar-refractivity contribution < 1.29 is 14.7 Å². The van der Waals surface area contributed by atoms with Gasteiger partial charge in [0.1, 0.15) is 12.1 Å². The number of nitrogens with zero attached hydrogens (tertiary/aromatic N) is 5. The minimum Gasteiger partial charge on any atom is -0.396 e. The number of nitriles is 2. The third-order valence-corrected chi connectivity index (χ3v) is 4.00. The van der Waals surface area contributed by atoms with Crippen molar-refractivity contribution >= 4 is 23.4 Å². The molecule has 0 bridgehead atoms. The highest BCUT2D eigenvalue weighted by Crippen LogP contribution is 2.18. The van der Waals surface area contributed by atoms with Gasteiger partial charge in [-0.1, -0.05) is 0 Å². The van der Waals surface area contributed by atoms with Gasteiger partial charge in [-0.3, -0.25) is 19.9 Å². The van der Waals surface area contributed by atoms with E-state index >= 15 is 0 Å². The van der Waals surface area contributed by atoms with Crippen LogP contribution >= 0.6 is 0 Å². The van der Waals surface area contributed by atoms with Gasteiger partial charge < -0.3 is 9.67 Å². The summed E-state index contributed by atoms with van der Waals surface area (Å²) < 4.78 is 1.74. The number of aliphatic hydroxyl groups excluding tert-OH is 1. The SMILES string of the molecule is CN=c1c(C(=O)NC=O)nc2cc(C#N)c(C#N)cc2n1CCCCCO. The Labute approximate surface area is 155 Å². The van der Waals surface area contributed by atoms with E-state index in [0.717, 1.165) is 6.42 Å². The second kappa shape index (κ2) is 9.22. The van der Waals surface area contributed by atoms with E-state index in [0.29, 0.717) is 30.4 Å². The van der Waals surface area contributed by atoms with Crippen LogP contribution in [0, 0.1) is 22.7 Å². The fourth-order valence-corrected chi connectivity index (χ4v) is 2.77. The number of carbonyl (C=O) groups is 2. The highest BCUT2D eigenvalue weighted by molar-refractivity contribution is 5.99. The quantitative estimate of drug-likeness (QED) is 0.535. The molecule has 0 atom stereocenters. The fourth-order valence-electron chi connectivity index (χ4n) is 2.77. The third kappa shape index (κ3) is 4.17. The molecule has 27 heavy (non-hydrogen) atoms. The minimum atomic E-state index is -0.709. The van der Waals surface area contributed by atoms with Gasteiger partial charge in [0.25, 0.3) is 5.91 Å². The van der Waals surface area contributed by atoms with E-state index in [1.807, 2.05) is 12.1 Å². The first kappa shape index (κ1) is 19.8. The Kier molecular flexibility index (Phi) is 6.75. The van der Waals surface area contributed by atoms with E-state index in [2.05, 4.69) is 15.3 Å². The molecule has 0 aliphatic heterocycles. The number of benzene rings is 1. The number of imide groups is 1. The lowest BCUT2D eigenvalue weighted by Crippen LogP contribution is -2.35. The summed E-state index contributed by atoms with van der Waals surface area (Å²) in [7, 11) is 1.50. The lowest BCUT2D eigenvalue weighted by molar-refractivity contribution is -0.108. The smallest absolute Gasteiger partial charge is 0.280 e. The van der Waals surface area contributed by atoms with E-state index in [1.54, 1.807) is 10.6 Å². The summed E-state index contributed by atoms with van der Waals surface area (Å²) in [4.78, 5) is 31.3. The molecule has 0 saturated carbocycles. The molecule has 0 aliphatic carbocycles. The summed E-state index contributed by atoms with van der Waals surface area (Å²) in [6.45, 7) is 0.549. The van der Waals surface area contributed by atoms with E-state index < -0.39 is 5.91 Å². The molecule has 0 aliphatic rings. The maximum atomic E-state index is 12.2. The summed E-state index contributed by atoms with van der Waals surface area (Å²) in [6, 6.07) is 6.91. The van der Waals surface area contributed by atoms with Gasteiger partial charge in [-0.2, -0.15) is 10.5 Å². The Morgan fingerprint density at radius 3 is 2.59 bits per heavy atom. The van der Waals surface area contributed by atoms with Crippen molar-refractivity contribution in [2.75, 3.05) is 13.7 Å². The summed E-state index contributed by atoms with van der Waals surface area (Å²) in [6.07, 6.45) is 2.36. The molecule has 1 aromatic heterocycles. The lowest BCUT2D eigenvalue weighted by atomic mass is 10.1. The van der Waals surface area contributed by atoms with E-state index in [4.69, 9.17) is 5.11 Å². The average Bonchev–Trinajstić information content (AvgIpc) is 2.69. The van der Waals surface area contributed by atoms with Crippen LogP contribution in [0.1, 0.15) is 40.9 Å². The number of nitrogens with one attached hydrogen (secondary N) is 1. The Morgan fingerprint density at radius 1 is 1.30 bits per heavy atom. The molecule has 2 rings (SSSR count). The molecule has 0 spiro atoms. The van der Waals surface area contributed by atoms with Gasteiger partial charge in [0.05, 0.1) is 22.2 Å². The Morgan fingerprint density at radius 2 is 2.00 bits per heavy atom. The molecule has 9 heteroatoms. The number of rotatable bonds is 7. The maximum Gasteiger partial charge on any atom is 0.280 e. The fraction of sp³-hybridized carbons (Fsp3) is 0.333. The van der Waals surface area contributed by atoms with Gasteiger partial charge in [-0.15, -0.1) is 0 Å². The van der Waals surface area contributed by atoms with E-state index in [-0.39, 0.29) is 35.3 Å². The molecule has 0 fully saturated rings. The Balaban J connectivity index is 2.78. The first-order valence-electron chi connectivity index (χ1n) is 8.28. The van der Waals surface area contributed by atoms with Crippen LogP contribution < -0.4 is 10.8 Å². The number of amides is 2. The second-order valence-corrected chi connectivity index (χ2v) is 5.64. The second-order valence-electron chi connectivity index (χ2n) is 5.64. The predicted molar refractivity (Wildman–Crippen MR) is 95.1 cm³/mol. The number of aliphatic hydroxyl groups is 1. The van der Waals surface area contributed by atoms with Crippen LogP contribution in [0.2, 0.25) is 0 Å². The maximum absolute atomic E-state index is 12.2. The zero-order valence-electron chi connectivity index (χ0n) is 14.8. The minimum absolute atomic E-state index is 0.0483. The molecule has 2 amide bonds. The first-order chi connectivity index (χ1) is 13.1. The molecule has 1 aromatic carbocycles. The predicted octanol–water partition coefficient (Wildman–Crippen LogP) is 0.359. The topological polar surface area (TPSA) is 144 Å². The van der Waals surface area contributed by atoms with Crippen LogP contribution in [0.3, 0.4) is 0 Å². The summed E-state index contributed by atoms with van der Waals surface area (Å²) in [5.74, 6) is -0.709. The van der Waals surface area contributed by atoms with Crippen LogP contribution in [-0.2, 0) is 11.3 Å². The van der Waals surface area contributed by atoms with Crippen molar-refractivity contribution in [2.24, 2.45) is 4.99 Å². The van der Waals surface area contributed by atoms with Crippen molar-refractivity contribution in [1.82, 2.24) is 14.9 Å². The van der Waals surface area contributed by atoms with Gasteiger partial charge in [-0.25, -0.2) is 4.98 Å². The molecule has 138 valence electrons. The molecule has 0 radical (unpaired) electrons.